The van der Waals surface area contributed by atoms with Gasteiger partial charge in [0.15, 0.2) is 0 Å². The van der Waals surface area contributed by atoms with Gasteiger partial charge in [-0.05, 0) is 132 Å². The fourth-order valence-corrected chi connectivity index (χ4v) is 11.0. The Hall–Kier alpha value is -7.69. The van der Waals surface area contributed by atoms with Gasteiger partial charge in [0.05, 0.1) is 29.0 Å². The van der Waals surface area contributed by atoms with Crippen LogP contribution < -0.4 is 5.32 Å². The Morgan fingerprint density at radius 1 is 0.476 bits per heavy atom. The van der Waals surface area contributed by atoms with Gasteiger partial charge >= 0.3 is 0 Å². The Labute approximate surface area is 366 Å². The number of anilines is 1. The van der Waals surface area contributed by atoms with Gasteiger partial charge in [-0.25, -0.2) is 0 Å². The normalized spacial score (nSPS) is 15.2. The van der Waals surface area contributed by atoms with E-state index in [1.54, 1.807) is 12.4 Å². The van der Waals surface area contributed by atoms with Gasteiger partial charge in [0.25, 0.3) is 0 Å². The van der Waals surface area contributed by atoms with Crippen molar-refractivity contribution in [3.8, 4) is 33.4 Å². The molecule has 4 nitrogen and oxygen atoms in total. The van der Waals surface area contributed by atoms with Crippen molar-refractivity contribution in [3.63, 3.8) is 0 Å². The molecule has 1 aliphatic heterocycles. The third kappa shape index (κ3) is 5.50. The molecule has 0 amide bonds. The van der Waals surface area contributed by atoms with Crippen molar-refractivity contribution in [2.24, 2.45) is 4.99 Å². The predicted molar refractivity (Wildman–Crippen MR) is 266 cm³/mol. The average molecular weight is 807 g/mol. The van der Waals surface area contributed by atoms with E-state index in [4.69, 9.17) is 15.0 Å². The summed E-state index contributed by atoms with van der Waals surface area (Å²) in [7, 11) is 0. The van der Waals surface area contributed by atoms with Crippen molar-refractivity contribution in [2.45, 2.75) is 32.1 Å². The van der Waals surface area contributed by atoms with E-state index in [2.05, 4.69) is 177 Å². The van der Waals surface area contributed by atoms with Crippen LogP contribution >= 0.6 is 0 Å². The number of aliphatic imine (C=N–C) groups is 1. The Bertz CT molecular complexity index is 3680. The van der Waals surface area contributed by atoms with Crippen LogP contribution in [0.3, 0.4) is 0 Å². The molecule has 0 bridgehead atoms. The highest BCUT2D eigenvalue weighted by molar-refractivity contribution is 6.24. The molecule has 4 heteroatoms. The van der Waals surface area contributed by atoms with E-state index >= 15 is 0 Å². The SMILES string of the molecule is CC1(C)C2=C(CCC(c3cccc(-c4ccc5c6ccccc6c6nccnc6c5c4)c3)=C2)c2ccc(-c3cccc(-c4ccc5c(c4)c4c(c6ccccc65)NCC=N4)c3)cc21. The maximum absolute atomic E-state index is 4.91. The Morgan fingerprint density at radius 3 is 1.78 bits per heavy atom. The van der Waals surface area contributed by atoms with E-state index in [9.17, 15) is 0 Å². The van der Waals surface area contributed by atoms with Crippen LogP contribution in [-0.4, -0.2) is 22.7 Å². The lowest BCUT2D eigenvalue weighted by Gasteiger charge is -2.26. The number of rotatable bonds is 4. The van der Waals surface area contributed by atoms with Gasteiger partial charge in [0, 0.05) is 45.6 Å². The molecule has 63 heavy (non-hydrogen) atoms. The summed E-state index contributed by atoms with van der Waals surface area (Å²) in [4.78, 5) is 14.5. The number of hydrogen-bond acceptors (Lipinski definition) is 4. The van der Waals surface area contributed by atoms with Gasteiger partial charge in [0.2, 0.25) is 0 Å². The van der Waals surface area contributed by atoms with Crippen molar-refractivity contribution in [1.82, 2.24) is 9.97 Å². The van der Waals surface area contributed by atoms with Gasteiger partial charge in [-0.3, -0.25) is 15.0 Å². The van der Waals surface area contributed by atoms with Crippen LogP contribution in [0.2, 0.25) is 0 Å². The summed E-state index contributed by atoms with van der Waals surface area (Å²) in [5, 5.41) is 13.2. The van der Waals surface area contributed by atoms with Gasteiger partial charge in [-0.15, -0.1) is 0 Å². The lowest BCUT2D eigenvalue weighted by Crippen LogP contribution is -2.17. The second-order valence-electron chi connectivity index (χ2n) is 17.9. The summed E-state index contributed by atoms with van der Waals surface area (Å²) in [5.74, 6) is 0. The molecule has 0 fully saturated rings. The third-order valence-electron chi connectivity index (χ3n) is 14.1. The molecule has 2 heterocycles. The standard InChI is InChI=1S/C59H42N4/c1-59(2)53-33-41(37-11-7-9-35(29-37)39-17-21-45-43-13-3-5-15-49(43)55-57(51(45)31-39)62-27-25-60-55)19-23-47(53)48-24-20-42(34-54(48)59)38-12-8-10-36(30-38)40-18-22-46-44-14-4-6-16-50(44)56-58(52(46)32-40)63-28-26-61-56/h3-19,21-23,26-34,60H,20,24-25H2,1-2H3. The van der Waals surface area contributed by atoms with Crippen molar-refractivity contribution < 1.29 is 0 Å². The zero-order chi connectivity index (χ0) is 41.8. The van der Waals surface area contributed by atoms with Crippen LogP contribution in [0.25, 0.3) is 98.7 Å². The minimum Gasteiger partial charge on any atom is -0.378 e. The minimum atomic E-state index is -0.125. The van der Waals surface area contributed by atoms with Crippen LogP contribution in [0.5, 0.6) is 0 Å². The topological polar surface area (TPSA) is 50.2 Å². The smallest absolute Gasteiger partial charge is 0.0971 e. The summed E-state index contributed by atoms with van der Waals surface area (Å²) >= 11 is 0. The molecule has 2 aliphatic carbocycles. The van der Waals surface area contributed by atoms with E-state index in [1.165, 1.54) is 99.1 Å². The largest absolute Gasteiger partial charge is 0.378 e. The van der Waals surface area contributed by atoms with Crippen LogP contribution in [0.1, 0.15) is 43.4 Å². The van der Waals surface area contributed by atoms with E-state index < -0.39 is 0 Å². The van der Waals surface area contributed by atoms with Crippen molar-refractivity contribution >= 4 is 82.9 Å². The number of nitrogens with one attached hydrogen (secondary N) is 1. The minimum absolute atomic E-state index is 0.125. The van der Waals surface area contributed by atoms with E-state index in [1.807, 2.05) is 6.21 Å². The quantitative estimate of drug-likeness (QED) is 0.180. The monoisotopic (exact) mass is 806 g/mol. The van der Waals surface area contributed by atoms with Crippen LogP contribution in [0, 0.1) is 0 Å². The molecule has 13 rings (SSSR count). The lowest BCUT2D eigenvalue weighted by molar-refractivity contribution is 0.652. The molecule has 1 N–H and O–H groups in total. The Morgan fingerprint density at radius 2 is 1.03 bits per heavy atom. The number of hydrogen-bond donors (Lipinski definition) is 1. The molecule has 10 aromatic rings. The van der Waals surface area contributed by atoms with E-state index in [-0.39, 0.29) is 5.41 Å². The summed E-state index contributed by atoms with van der Waals surface area (Å²) in [6.07, 6.45) is 10.1. The number of nitrogens with zero attached hydrogens (tertiary/aromatic N) is 3. The summed E-state index contributed by atoms with van der Waals surface area (Å²) in [6, 6.07) is 56.2. The molecule has 9 aromatic carbocycles. The van der Waals surface area contributed by atoms with Gasteiger partial charge in [-0.2, -0.15) is 0 Å². The third-order valence-corrected chi connectivity index (χ3v) is 14.1. The molecule has 0 atom stereocenters. The first-order chi connectivity index (χ1) is 31.0. The Balaban J connectivity index is 0.828. The number of fused-ring (bicyclic) bond motifs is 14. The van der Waals surface area contributed by atoms with E-state index in [0.717, 1.165) is 52.6 Å². The molecule has 0 radical (unpaired) electrons. The highest BCUT2D eigenvalue weighted by Gasteiger charge is 2.38. The van der Waals surface area contributed by atoms with Gasteiger partial charge in [-0.1, -0.05) is 141 Å². The van der Waals surface area contributed by atoms with Crippen molar-refractivity contribution in [1.29, 1.82) is 0 Å². The van der Waals surface area contributed by atoms with Crippen LogP contribution in [0.4, 0.5) is 11.4 Å². The molecule has 0 unspecified atom stereocenters. The lowest BCUT2D eigenvalue weighted by atomic mass is 9.77. The van der Waals surface area contributed by atoms with Gasteiger partial charge in [0.1, 0.15) is 0 Å². The predicted octanol–water partition coefficient (Wildman–Crippen LogP) is 15.3. The second kappa shape index (κ2) is 13.7. The summed E-state index contributed by atoms with van der Waals surface area (Å²) in [5.41, 5.74) is 19.6. The molecule has 0 saturated carbocycles. The van der Waals surface area contributed by atoms with Gasteiger partial charge < -0.3 is 5.32 Å². The molecular formula is C59H42N4. The highest BCUT2D eigenvalue weighted by Crippen LogP contribution is 2.53. The molecule has 0 saturated heterocycles. The zero-order valence-corrected chi connectivity index (χ0v) is 35.2. The molecule has 1 aromatic heterocycles. The molecule has 0 spiro atoms. The fraction of sp³-hybridized carbons (Fsp3) is 0.102. The first-order valence-corrected chi connectivity index (χ1v) is 22.1. The highest BCUT2D eigenvalue weighted by atomic mass is 15.0. The number of aromatic nitrogens is 2. The fourth-order valence-electron chi connectivity index (χ4n) is 11.0. The first-order valence-electron chi connectivity index (χ1n) is 22.1. The van der Waals surface area contributed by atoms with Crippen molar-refractivity contribution in [3.05, 3.63) is 192 Å². The Kier molecular flexibility index (Phi) is 7.81. The first kappa shape index (κ1) is 36.0. The average Bonchev–Trinajstić information content (AvgIpc) is 3.58. The maximum atomic E-state index is 4.91. The van der Waals surface area contributed by atoms with E-state index in [0.29, 0.717) is 0 Å². The molecule has 298 valence electrons. The second-order valence-corrected chi connectivity index (χ2v) is 17.9. The molecular weight excluding hydrogens is 765 g/mol. The summed E-state index contributed by atoms with van der Waals surface area (Å²) in [6.45, 7) is 5.56. The summed E-state index contributed by atoms with van der Waals surface area (Å²) < 4.78 is 0. The van der Waals surface area contributed by atoms with Crippen molar-refractivity contribution in [2.75, 3.05) is 11.9 Å². The number of benzene rings is 9. The maximum Gasteiger partial charge on any atom is 0.0971 e. The number of allylic oxidation sites excluding steroid dienone is 4. The molecule has 3 aliphatic rings. The van der Waals surface area contributed by atoms with Crippen LogP contribution in [0.15, 0.2) is 181 Å². The van der Waals surface area contributed by atoms with Crippen LogP contribution in [-0.2, 0) is 5.41 Å². The zero-order valence-electron chi connectivity index (χ0n) is 35.2.